The average molecular weight is 310 g/mol. The highest BCUT2D eigenvalue weighted by Crippen LogP contribution is 2.20. The van der Waals surface area contributed by atoms with Crippen molar-refractivity contribution >= 4 is 22.7 Å². The molecule has 4 N–H and O–H groups in total. The summed E-state index contributed by atoms with van der Waals surface area (Å²) in [6, 6.07) is 12.2. The van der Waals surface area contributed by atoms with E-state index in [2.05, 4.69) is 9.97 Å². The Morgan fingerprint density at radius 3 is 2.87 bits per heavy atom. The van der Waals surface area contributed by atoms with Gasteiger partial charge in [-0.3, -0.25) is 0 Å². The number of nitrogens with zero attached hydrogens (tertiary/aromatic N) is 1. The fourth-order valence-electron chi connectivity index (χ4n) is 2.29. The lowest BCUT2D eigenvalue weighted by molar-refractivity contribution is -0.381. The SMILES string of the molecule is Cc1ccc(C(=O)OCc2nc3ccccc3c(N)[nH+]2)c(O)c1. The Bertz CT molecular complexity index is 893. The first kappa shape index (κ1) is 14.8. The number of aromatic hydroxyl groups is 1. The maximum absolute atomic E-state index is 12.0. The van der Waals surface area contributed by atoms with E-state index in [0.29, 0.717) is 17.2 Å². The Balaban J connectivity index is 1.79. The zero-order chi connectivity index (χ0) is 16.4. The predicted molar refractivity (Wildman–Crippen MR) is 84.7 cm³/mol. The standard InChI is InChI=1S/C17H15N3O3/c1-10-6-7-12(14(21)8-10)17(22)23-9-15-19-13-5-3-2-4-11(13)16(18)20-15/h2-8,21H,9H2,1H3,(H2,18,19,20)/p+1. The zero-order valence-electron chi connectivity index (χ0n) is 12.5. The van der Waals surface area contributed by atoms with Gasteiger partial charge < -0.3 is 15.6 Å². The van der Waals surface area contributed by atoms with Crippen LogP contribution in [0.5, 0.6) is 5.75 Å². The van der Waals surface area contributed by atoms with Crippen molar-refractivity contribution in [2.75, 3.05) is 5.73 Å². The number of fused-ring (bicyclic) bond motifs is 1. The summed E-state index contributed by atoms with van der Waals surface area (Å²) < 4.78 is 5.19. The van der Waals surface area contributed by atoms with E-state index in [0.717, 1.165) is 10.9 Å². The highest BCUT2D eigenvalue weighted by Gasteiger charge is 2.16. The number of nitrogens with two attached hydrogens (primary N) is 1. The van der Waals surface area contributed by atoms with Gasteiger partial charge in [-0.1, -0.05) is 18.2 Å². The molecule has 0 atom stereocenters. The summed E-state index contributed by atoms with van der Waals surface area (Å²) in [7, 11) is 0. The molecule has 0 spiro atoms. The number of phenolic OH excluding ortho intramolecular Hbond substituents is 1. The first-order valence-corrected chi connectivity index (χ1v) is 7.08. The van der Waals surface area contributed by atoms with Crippen LogP contribution in [0.2, 0.25) is 0 Å². The molecule has 2 aromatic carbocycles. The number of aryl methyl sites for hydroxylation is 1. The van der Waals surface area contributed by atoms with E-state index >= 15 is 0 Å². The molecule has 0 bridgehead atoms. The van der Waals surface area contributed by atoms with E-state index in [1.807, 2.05) is 31.2 Å². The number of esters is 1. The summed E-state index contributed by atoms with van der Waals surface area (Å²) in [5, 5.41) is 10.6. The number of hydrogen-bond acceptors (Lipinski definition) is 5. The van der Waals surface area contributed by atoms with Crippen LogP contribution >= 0.6 is 0 Å². The van der Waals surface area contributed by atoms with Crippen molar-refractivity contribution in [1.29, 1.82) is 0 Å². The molecule has 6 heteroatoms. The molecule has 1 aromatic heterocycles. The number of anilines is 1. The normalized spacial score (nSPS) is 10.7. The second kappa shape index (κ2) is 5.92. The van der Waals surface area contributed by atoms with Crippen molar-refractivity contribution in [2.45, 2.75) is 13.5 Å². The minimum absolute atomic E-state index is 0.0683. The van der Waals surface area contributed by atoms with Crippen LogP contribution in [0.1, 0.15) is 21.7 Å². The maximum atomic E-state index is 12.0. The Hall–Kier alpha value is -3.15. The number of H-pyrrole nitrogens is 1. The molecule has 0 saturated carbocycles. The Labute approximate surface area is 132 Å². The highest BCUT2D eigenvalue weighted by molar-refractivity contribution is 5.92. The topological polar surface area (TPSA) is 99.6 Å². The van der Waals surface area contributed by atoms with Crippen LogP contribution < -0.4 is 10.7 Å². The third-order valence-corrected chi connectivity index (χ3v) is 3.44. The molecule has 0 aliphatic carbocycles. The van der Waals surface area contributed by atoms with E-state index in [9.17, 15) is 9.90 Å². The fourth-order valence-corrected chi connectivity index (χ4v) is 2.29. The van der Waals surface area contributed by atoms with Gasteiger partial charge in [0.05, 0.1) is 5.39 Å². The summed E-state index contributed by atoms with van der Waals surface area (Å²) in [5.74, 6) is 0.162. The van der Waals surface area contributed by atoms with Crippen LogP contribution in [0, 0.1) is 6.92 Å². The number of carbonyl (C=O) groups excluding carboxylic acids is 1. The Morgan fingerprint density at radius 2 is 2.09 bits per heavy atom. The summed E-state index contributed by atoms with van der Waals surface area (Å²) >= 11 is 0. The van der Waals surface area contributed by atoms with Gasteiger partial charge in [-0.05, 0) is 36.8 Å². The number of aromatic amines is 1. The number of carbonyl (C=O) groups is 1. The summed E-state index contributed by atoms with van der Waals surface area (Å²) in [6.45, 7) is 1.76. The number of hydrogen-bond donors (Lipinski definition) is 2. The van der Waals surface area contributed by atoms with Crippen LogP contribution in [-0.4, -0.2) is 16.1 Å². The van der Waals surface area contributed by atoms with Crippen LogP contribution in [0.25, 0.3) is 10.9 Å². The lowest BCUT2D eigenvalue weighted by Crippen LogP contribution is -2.21. The van der Waals surface area contributed by atoms with Gasteiger partial charge in [-0.2, -0.15) is 0 Å². The zero-order valence-corrected chi connectivity index (χ0v) is 12.5. The Morgan fingerprint density at radius 1 is 1.30 bits per heavy atom. The second-order valence-electron chi connectivity index (χ2n) is 5.21. The van der Waals surface area contributed by atoms with Gasteiger partial charge in [-0.15, -0.1) is 4.98 Å². The predicted octanol–water partition coefficient (Wildman–Crippen LogP) is 2.00. The summed E-state index contributed by atoms with van der Waals surface area (Å²) in [6.07, 6.45) is 0. The first-order valence-electron chi connectivity index (χ1n) is 7.08. The molecule has 116 valence electrons. The van der Waals surface area contributed by atoms with Gasteiger partial charge in [-0.25, -0.2) is 9.78 Å². The number of benzene rings is 2. The fraction of sp³-hybridized carbons (Fsp3) is 0.118. The van der Waals surface area contributed by atoms with Gasteiger partial charge in [0.25, 0.3) is 5.82 Å². The van der Waals surface area contributed by atoms with E-state index in [1.54, 1.807) is 6.07 Å². The van der Waals surface area contributed by atoms with Gasteiger partial charge >= 0.3 is 5.97 Å². The second-order valence-corrected chi connectivity index (χ2v) is 5.21. The van der Waals surface area contributed by atoms with Crippen molar-refractivity contribution in [3.05, 3.63) is 59.4 Å². The van der Waals surface area contributed by atoms with Gasteiger partial charge in [0, 0.05) is 0 Å². The smallest absolute Gasteiger partial charge is 0.342 e. The van der Waals surface area contributed by atoms with E-state index in [1.165, 1.54) is 12.1 Å². The molecule has 0 fully saturated rings. The van der Waals surface area contributed by atoms with Crippen molar-refractivity contribution < 1.29 is 19.6 Å². The quantitative estimate of drug-likeness (QED) is 0.721. The molecule has 0 aliphatic heterocycles. The van der Waals surface area contributed by atoms with Crippen LogP contribution in [0.15, 0.2) is 42.5 Å². The first-order chi connectivity index (χ1) is 11.0. The molecule has 3 aromatic rings. The number of aromatic nitrogens is 2. The third kappa shape index (κ3) is 3.06. The van der Waals surface area contributed by atoms with E-state index in [4.69, 9.17) is 10.5 Å². The molecule has 23 heavy (non-hydrogen) atoms. The van der Waals surface area contributed by atoms with Crippen molar-refractivity contribution in [1.82, 2.24) is 4.98 Å². The van der Waals surface area contributed by atoms with E-state index in [-0.39, 0.29) is 17.9 Å². The molecule has 0 unspecified atom stereocenters. The number of rotatable bonds is 3. The molecule has 6 nitrogen and oxygen atoms in total. The number of nitrogens with one attached hydrogen (secondary N) is 1. The van der Waals surface area contributed by atoms with Crippen LogP contribution in [-0.2, 0) is 11.3 Å². The average Bonchev–Trinajstić information content (AvgIpc) is 2.53. The van der Waals surface area contributed by atoms with E-state index < -0.39 is 5.97 Å². The molecule has 0 amide bonds. The molecule has 0 saturated heterocycles. The lowest BCUT2D eigenvalue weighted by atomic mass is 10.1. The largest absolute Gasteiger partial charge is 0.507 e. The molecular weight excluding hydrogens is 294 g/mol. The molecule has 0 aliphatic rings. The van der Waals surface area contributed by atoms with Crippen molar-refractivity contribution in [3.8, 4) is 5.75 Å². The van der Waals surface area contributed by atoms with Crippen molar-refractivity contribution in [3.63, 3.8) is 0 Å². The molecule has 3 rings (SSSR count). The van der Waals surface area contributed by atoms with Crippen LogP contribution in [0.4, 0.5) is 5.82 Å². The molecule has 0 radical (unpaired) electrons. The summed E-state index contributed by atoms with van der Waals surface area (Å²) in [4.78, 5) is 19.3. The minimum Gasteiger partial charge on any atom is -0.507 e. The maximum Gasteiger partial charge on any atom is 0.342 e. The molecular formula is C17H16N3O3+. The third-order valence-electron chi connectivity index (χ3n) is 3.44. The lowest BCUT2D eigenvalue weighted by Gasteiger charge is -2.05. The van der Waals surface area contributed by atoms with Crippen molar-refractivity contribution in [2.24, 2.45) is 0 Å². The minimum atomic E-state index is -0.621. The molecule has 1 heterocycles. The van der Waals surface area contributed by atoms with Gasteiger partial charge in [0.2, 0.25) is 5.82 Å². The highest BCUT2D eigenvalue weighted by atomic mass is 16.5. The summed E-state index contributed by atoms with van der Waals surface area (Å²) in [5.41, 5.74) is 7.63. The van der Waals surface area contributed by atoms with Crippen LogP contribution in [0.3, 0.4) is 0 Å². The number of para-hydroxylation sites is 1. The number of nitrogen functional groups attached to an aromatic ring is 1. The van der Waals surface area contributed by atoms with Gasteiger partial charge in [0.15, 0.2) is 12.1 Å². The van der Waals surface area contributed by atoms with Gasteiger partial charge in [0.1, 0.15) is 11.3 Å². The number of phenols is 1. The monoisotopic (exact) mass is 310 g/mol. The number of ether oxygens (including phenoxy) is 1. The Kier molecular flexibility index (Phi) is 3.80.